The lowest BCUT2D eigenvalue weighted by Crippen LogP contribution is -2.16. The van der Waals surface area contributed by atoms with Gasteiger partial charge in [-0.1, -0.05) is 19.8 Å². The summed E-state index contributed by atoms with van der Waals surface area (Å²) >= 11 is 0. The van der Waals surface area contributed by atoms with Crippen molar-refractivity contribution >= 4 is 0 Å². The zero-order valence-electron chi connectivity index (χ0n) is 11.2. The standard InChI is InChI=1S/C17H18FN/c1-17(9-2-3-10-17)14-8-11-19-16(12-14)13-4-6-15(18)7-5-13/h4-8,11-12H,2-3,9-10H2,1H3. The minimum Gasteiger partial charge on any atom is -0.256 e. The molecule has 1 aromatic heterocycles. The van der Waals surface area contributed by atoms with E-state index in [9.17, 15) is 4.39 Å². The third-order valence-corrected chi connectivity index (χ3v) is 4.30. The van der Waals surface area contributed by atoms with Crippen LogP contribution < -0.4 is 0 Å². The van der Waals surface area contributed by atoms with Crippen LogP contribution in [0.2, 0.25) is 0 Å². The van der Waals surface area contributed by atoms with Crippen molar-refractivity contribution in [1.29, 1.82) is 0 Å². The molecule has 0 aliphatic heterocycles. The second-order valence-electron chi connectivity index (χ2n) is 5.70. The van der Waals surface area contributed by atoms with Crippen LogP contribution in [-0.4, -0.2) is 4.98 Å². The van der Waals surface area contributed by atoms with Crippen LogP contribution in [0.15, 0.2) is 42.6 Å². The van der Waals surface area contributed by atoms with E-state index < -0.39 is 0 Å². The SMILES string of the molecule is CC1(c2ccnc(-c3ccc(F)cc3)c2)CCCC1. The predicted molar refractivity (Wildman–Crippen MR) is 75.5 cm³/mol. The fourth-order valence-electron chi connectivity index (χ4n) is 3.03. The monoisotopic (exact) mass is 255 g/mol. The van der Waals surface area contributed by atoms with Gasteiger partial charge in [0.1, 0.15) is 5.82 Å². The summed E-state index contributed by atoms with van der Waals surface area (Å²) in [6.07, 6.45) is 6.99. The lowest BCUT2D eigenvalue weighted by molar-refractivity contribution is 0.491. The Labute approximate surface area is 113 Å². The Bertz CT molecular complexity index is 568. The summed E-state index contributed by atoms with van der Waals surface area (Å²) in [5, 5.41) is 0. The van der Waals surface area contributed by atoms with Gasteiger partial charge in [-0.2, -0.15) is 0 Å². The van der Waals surface area contributed by atoms with Gasteiger partial charge in [0.05, 0.1) is 5.69 Å². The number of nitrogens with zero attached hydrogens (tertiary/aromatic N) is 1. The molecule has 1 heterocycles. The van der Waals surface area contributed by atoms with Gasteiger partial charge in [-0.25, -0.2) is 4.39 Å². The van der Waals surface area contributed by atoms with Gasteiger partial charge >= 0.3 is 0 Å². The highest BCUT2D eigenvalue weighted by atomic mass is 19.1. The fourth-order valence-corrected chi connectivity index (χ4v) is 3.03. The maximum Gasteiger partial charge on any atom is 0.123 e. The van der Waals surface area contributed by atoms with E-state index in [-0.39, 0.29) is 11.2 Å². The first-order valence-corrected chi connectivity index (χ1v) is 6.90. The number of rotatable bonds is 2. The molecule has 1 saturated carbocycles. The van der Waals surface area contributed by atoms with Crippen LogP contribution in [0.4, 0.5) is 4.39 Å². The summed E-state index contributed by atoms with van der Waals surface area (Å²) < 4.78 is 13.0. The molecule has 0 amide bonds. The van der Waals surface area contributed by atoms with Crippen LogP contribution in [0, 0.1) is 5.82 Å². The Kier molecular flexibility index (Phi) is 3.09. The van der Waals surface area contributed by atoms with Crippen molar-refractivity contribution in [2.24, 2.45) is 0 Å². The Morgan fingerprint density at radius 3 is 2.42 bits per heavy atom. The van der Waals surface area contributed by atoms with Gasteiger partial charge < -0.3 is 0 Å². The molecule has 0 radical (unpaired) electrons. The summed E-state index contributed by atoms with van der Waals surface area (Å²) in [4.78, 5) is 4.42. The molecule has 0 spiro atoms. The predicted octanol–water partition coefficient (Wildman–Crippen LogP) is 4.72. The van der Waals surface area contributed by atoms with Gasteiger partial charge in [-0.3, -0.25) is 4.98 Å². The van der Waals surface area contributed by atoms with E-state index in [4.69, 9.17) is 0 Å². The third-order valence-electron chi connectivity index (χ3n) is 4.30. The van der Waals surface area contributed by atoms with Gasteiger partial charge in [0.2, 0.25) is 0 Å². The van der Waals surface area contributed by atoms with Crippen molar-refractivity contribution < 1.29 is 4.39 Å². The van der Waals surface area contributed by atoms with Crippen molar-refractivity contribution in [3.63, 3.8) is 0 Å². The van der Waals surface area contributed by atoms with Crippen molar-refractivity contribution in [3.8, 4) is 11.3 Å². The van der Waals surface area contributed by atoms with Gasteiger partial charge in [0.15, 0.2) is 0 Å². The Hall–Kier alpha value is -1.70. The maximum atomic E-state index is 13.0. The molecule has 1 aliphatic carbocycles. The minimum absolute atomic E-state index is 0.206. The van der Waals surface area contributed by atoms with Gasteiger partial charge in [0.25, 0.3) is 0 Å². The molecule has 2 aromatic rings. The Morgan fingerprint density at radius 2 is 1.74 bits per heavy atom. The molecule has 0 unspecified atom stereocenters. The average molecular weight is 255 g/mol. The van der Waals surface area contributed by atoms with E-state index in [1.165, 1.54) is 43.4 Å². The number of halogens is 1. The van der Waals surface area contributed by atoms with Crippen LogP contribution in [0.1, 0.15) is 38.2 Å². The Balaban J connectivity index is 1.98. The molecule has 1 fully saturated rings. The number of benzene rings is 1. The molecular weight excluding hydrogens is 237 g/mol. The quantitative estimate of drug-likeness (QED) is 0.756. The van der Waals surface area contributed by atoms with E-state index >= 15 is 0 Å². The summed E-state index contributed by atoms with van der Waals surface area (Å²) in [7, 11) is 0. The van der Waals surface area contributed by atoms with Crippen molar-refractivity contribution in [2.45, 2.75) is 38.0 Å². The van der Waals surface area contributed by atoms with Gasteiger partial charge in [-0.15, -0.1) is 0 Å². The minimum atomic E-state index is -0.206. The fraction of sp³-hybridized carbons (Fsp3) is 0.353. The highest BCUT2D eigenvalue weighted by Gasteiger charge is 2.30. The molecule has 98 valence electrons. The summed E-state index contributed by atoms with van der Waals surface area (Å²) in [5.41, 5.74) is 3.56. The van der Waals surface area contributed by atoms with Gasteiger partial charge in [-0.05, 0) is 60.2 Å². The van der Waals surface area contributed by atoms with E-state index in [1.807, 2.05) is 6.20 Å². The van der Waals surface area contributed by atoms with Crippen LogP contribution in [0.25, 0.3) is 11.3 Å². The van der Waals surface area contributed by atoms with E-state index in [0.717, 1.165) is 11.3 Å². The number of hydrogen-bond donors (Lipinski definition) is 0. The average Bonchev–Trinajstić information content (AvgIpc) is 2.88. The molecule has 1 aliphatic rings. The topological polar surface area (TPSA) is 12.9 Å². The second-order valence-corrected chi connectivity index (χ2v) is 5.70. The van der Waals surface area contributed by atoms with Crippen molar-refractivity contribution in [2.75, 3.05) is 0 Å². The van der Waals surface area contributed by atoms with E-state index in [0.29, 0.717) is 0 Å². The third kappa shape index (κ3) is 2.40. The molecule has 0 N–H and O–H groups in total. The molecule has 0 saturated heterocycles. The highest BCUT2D eigenvalue weighted by molar-refractivity contribution is 5.60. The molecule has 3 rings (SSSR count). The molecular formula is C17H18FN. The summed E-state index contributed by atoms with van der Waals surface area (Å²) in [5.74, 6) is -0.206. The zero-order chi connectivity index (χ0) is 13.3. The molecule has 19 heavy (non-hydrogen) atoms. The zero-order valence-corrected chi connectivity index (χ0v) is 11.2. The van der Waals surface area contributed by atoms with E-state index in [1.54, 1.807) is 12.1 Å². The second kappa shape index (κ2) is 4.76. The number of aromatic nitrogens is 1. The first kappa shape index (κ1) is 12.3. The highest BCUT2D eigenvalue weighted by Crippen LogP contribution is 2.41. The molecule has 0 bridgehead atoms. The molecule has 0 atom stereocenters. The lowest BCUT2D eigenvalue weighted by Gasteiger charge is -2.24. The maximum absolute atomic E-state index is 13.0. The van der Waals surface area contributed by atoms with Crippen LogP contribution in [-0.2, 0) is 5.41 Å². The Morgan fingerprint density at radius 1 is 1.05 bits per heavy atom. The smallest absolute Gasteiger partial charge is 0.123 e. The molecule has 1 nitrogen and oxygen atoms in total. The van der Waals surface area contributed by atoms with Crippen LogP contribution in [0.3, 0.4) is 0 Å². The largest absolute Gasteiger partial charge is 0.256 e. The molecule has 1 aromatic carbocycles. The van der Waals surface area contributed by atoms with Crippen molar-refractivity contribution in [1.82, 2.24) is 4.98 Å². The van der Waals surface area contributed by atoms with E-state index in [2.05, 4.69) is 24.0 Å². The van der Waals surface area contributed by atoms with Crippen molar-refractivity contribution in [3.05, 3.63) is 54.0 Å². The van der Waals surface area contributed by atoms with Crippen LogP contribution in [0.5, 0.6) is 0 Å². The van der Waals surface area contributed by atoms with Crippen LogP contribution >= 0.6 is 0 Å². The normalized spacial score (nSPS) is 17.6. The summed E-state index contributed by atoms with van der Waals surface area (Å²) in [6, 6.07) is 10.8. The first-order chi connectivity index (χ1) is 9.17. The first-order valence-electron chi connectivity index (χ1n) is 6.90. The van der Waals surface area contributed by atoms with Gasteiger partial charge in [0, 0.05) is 11.8 Å². The summed E-state index contributed by atoms with van der Waals surface area (Å²) in [6.45, 7) is 2.34. The molecule has 2 heteroatoms. The number of pyridine rings is 1. The number of hydrogen-bond acceptors (Lipinski definition) is 1. The lowest BCUT2D eigenvalue weighted by atomic mass is 9.81.